The Morgan fingerprint density at radius 2 is 2.20 bits per heavy atom. The fourth-order valence-corrected chi connectivity index (χ4v) is 2.03. The molecule has 15 heavy (non-hydrogen) atoms. The number of allylic oxidation sites excluding steroid dienone is 5. The fraction of sp³-hybridized carbons (Fsp3) is 0.500. The Bertz CT molecular complexity index is 342. The molecule has 1 atom stereocenters. The monoisotopic (exact) mass is 204 g/mol. The third kappa shape index (κ3) is 2.28. The minimum atomic E-state index is 0.0809. The van der Waals surface area contributed by atoms with E-state index >= 15 is 0 Å². The number of carbonyl (C=O) groups is 1. The van der Waals surface area contributed by atoms with Crippen LogP contribution in [-0.2, 0) is 4.79 Å². The van der Waals surface area contributed by atoms with Crippen molar-refractivity contribution in [2.45, 2.75) is 34.1 Å². The average molecular weight is 204 g/mol. The molecule has 1 unspecified atom stereocenters. The van der Waals surface area contributed by atoms with E-state index in [0.717, 1.165) is 0 Å². The van der Waals surface area contributed by atoms with Crippen LogP contribution in [0, 0.1) is 11.3 Å². The summed E-state index contributed by atoms with van der Waals surface area (Å²) in [6, 6.07) is 0. The highest BCUT2D eigenvalue weighted by atomic mass is 16.1. The maximum atomic E-state index is 11.4. The van der Waals surface area contributed by atoms with Crippen LogP contribution in [0.5, 0.6) is 0 Å². The minimum Gasteiger partial charge on any atom is -0.295 e. The van der Waals surface area contributed by atoms with E-state index in [2.05, 4.69) is 46.4 Å². The lowest BCUT2D eigenvalue weighted by atomic mass is 9.68. The molecule has 1 nitrogen and oxygen atoms in total. The molecule has 0 aromatic carbocycles. The van der Waals surface area contributed by atoms with E-state index in [1.807, 2.05) is 0 Å². The molecule has 0 spiro atoms. The van der Waals surface area contributed by atoms with Crippen molar-refractivity contribution in [3.05, 3.63) is 36.0 Å². The molecule has 0 radical (unpaired) electrons. The molecule has 0 bridgehead atoms. The zero-order chi connectivity index (χ0) is 11.6. The van der Waals surface area contributed by atoms with Crippen LogP contribution in [0.1, 0.15) is 34.1 Å². The van der Waals surface area contributed by atoms with Gasteiger partial charge in [0, 0.05) is 6.42 Å². The summed E-state index contributed by atoms with van der Waals surface area (Å²) in [4.78, 5) is 11.4. The molecule has 1 aliphatic carbocycles. The van der Waals surface area contributed by atoms with Crippen LogP contribution in [0.25, 0.3) is 0 Å². The zero-order valence-corrected chi connectivity index (χ0v) is 10.1. The summed E-state index contributed by atoms with van der Waals surface area (Å²) in [5.41, 5.74) is 2.56. The van der Waals surface area contributed by atoms with Gasteiger partial charge in [-0.1, -0.05) is 50.6 Å². The van der Waals surface area contributed by atoms with Gasteiger partial charge in [0.25, 0.3) is 0 Å². The van der Waals surface area contributed by atoms with Crippen molar-refractivity contribution in [1.82, 2.24) is 0 Å². The van der Waals surface area contributed by atoms with Gasteiger partial charge in [-0.25, -0.2) is 0 Å². The van der Waals surface area contributed by atoms with E-state index in [1.165, 1.54) is 17.2 Å². The van der Waals surface area contributed by atoms with Crippen molar-refractivity contribution < 1.29 is 4.79 Å². The van der Waals surface area contributed by atoms with Gasteiger partial charge in [-0.05, 0) is 24.3 Å². The van der Waals surface area contributed by atoms with E-state index in [9.17, 15) is 4.79 Å². The summed E-state index contributed by atoms with van der Waals surface area (Å²) in [7, 11) is 0. The van der Waals surface area contributed by atoms with E-state index < -0.39 is 0 Å². The number of rotatable bonds is 3. The highest BCUT2D eigenvalue weighted by Gasteiger charge is 2.32. The van der Waals surface area contributed by atoms with Crippen LogP contribution in [0.2, 0.25) is 0 Å². The lowest BCUT2D eigenvalue weighted by molar-refractivity contribution is -0.114. The lowest BCUT2D eigenvalue weighted by Gasteiger charge is -2.36. The van der Waals surface area contributed by atoms with Crippen molar-refractivity contribution in [2.75, 3.05) is 0 Å². The van der Waals surface area contributed by atoms with Crippen molar-refractivity contribution >= 4 is 5.78 Å². The molecule has 0 aliphatic heterocycles. The minimum absolute atomic E-state index is 0.0809. The van der Waals surface area contributed by atoms with E-state index in [4.69, 9.17) is 0 Å². The number of hydrogen-bond acceptors (Lipinski definition) is 1. The second kappa shape index (κ2) is 4.18. The molecule has 0 amide bonds. The summed E-state index contributed by atoms with van der Waals surface area (Å²) in [5, 5.41) is 0. The van der Waals surface area contributed by atoms with E-state index in [-0.39, 0.29) is 11.2 Å². The molecule has 0 fully saturated rings. The van der Waals surface area contributed by atoms with Gasteiger partial charge in [-0.2, -0.15) is 0 Å². The van der Waals surface area contributed by atoms with Gasteiger partial charge in [0.15, 0.2) is 5.78 Å². The van der Waals surface area contributed by atoms with Gasteiger partial charge in [-0.3, -0.25) is 4.79 Å². The zero-order valence-electron chi connectivity index (χ0n) is 10.1. The first-order valence-electron chi connectivity index (χ1n) is 5.43. The molecule has 0 saturated carbocycles. The van der Waals surface area contributed by atoms with E-state index in [1.54, 1.807) is 0 Å². The topological polar surface area (TPSA) is 17.1 Å². The van der Waals surface area contributed by atoms with Crippen LogP contribution in [0.4, 0.5) is 0 Å². The SMILES string of the molecule is C=CC(=O)CC1=C(C)C=CC(C)C1(C)C. The maximum Gasteiger partial charge on any atom is 0.159 e. The quantitative estimate of drug-likeness (QED) is 0.641. The first-order valence-corrected chi connectivity index (χ1v) is 5.43. The Balaban J connectivity index is 3.05. The number of ketones is 1. The van der Waals surface area contributed by atoms with Gasteiger partial charge in [0.1, 0.15) is 0 Å². The largest absolute Gasteiger partial charge is 0.295 e. The normalized spacial score (nSPS) is 24.1. The smallest absolute Gasteiger partial charge is 0.159 e. The Labute approximate surface area is 92.6 Å². The van der Waals surface area contributed by atoms with Crippen LogP contribution in [0.3, 0.4) is 0 Å². The van der Waals surface area contributed by atoms with Crippen LogP contribution >= 0.6 is 0 Å². The molecular formula is C14H20O. The van der Waals surface area contributed by atoms with E-state index in [0.29, 0.717) is 12.3 Å². The highest BCUT2D eigenvalue weighted by molar-refractivity contribution is 5.91. The first kappa shape index (κ1) is 12.0. The van der Waals surface area contributed by atoms with Crippen LogP contribution < -0.4 is 0 Å². The molecule has 82 valence electrons. The Kier molecular flexibility index (Phi) is 3.33. The molecule has 0 N–H and O–H groups in total. The predicted octanol–water partition coefficient (Wildman–Crippen LogP) is 3.68. The maximum absolute atomic E-state index is 11.4. The molecule has 0 aromatic rings. The van der Waals surface area contributed by atoms with Crippen LogP contribution in [-0.4, -0.2) is 5.78 Å². The summed E-state index contributed by atoms with van der Waals surface area (Å²) in [6.45, 7) is 12.2. The second-order valence-corrected chi connectivity index (χ2v) is 4.88. The van der Waals surface area contributed by atoms with Gasteiger partial charge >= 0.3 is 0 Å². The third-order valence-electron chi connectivity index (χ3n) is 3.61. The van der Waals surface area contributed by atoms with Gasteiger partial charge in [0.2, 0.25) is 0 Å². The first-order chi connectivity index (χ1) is 6.89. The van der Waals surface area contributed by atoms with Crippen molar-refractivity contribution in [3.8, 4) is 0 Å². The molecule has 0 heterocycles. The summed E-state index contributed by atoms with van der Waals surface area (Å²) in [6.07, 6.45) is 6.27. The van der Waals surface area contributed by atoms with Crippen LogP contribution in [0.15, 0.2) is 36.0 Å². The van der Waals surface area contributed by atoms with Gasteiger partial charge in [-0.15, -0.1) is 0 Å². The van der Waals surface area contributed by atoms with Gasteiger partial charge in [0.05, 0.1) is 0 Å². The average Bonchev–Trinajstić information content (AvgIpc) is 2.19. The Hall–Kier alpha value is -1.11. The molecule has 1 rings (SSSR count). The predicted molar refractivity (Wildman–Crippen MR) is 64.6 cm³/mol. The van der Waals surface area contributed by atoms with Gasteiger partial charge < -0.3 is 0 Å². The third-order valence-corrected chi connectivity index (χ3v) is 3.61. The molecule has 1 aliphatic rings. The highest BCUT2D eigenvalue weighted by Crippen LogP contribution is 2.42. The summed E-state index contributed by atoms with van der Waals surface area (Å²) < 4.78 is 0. The fourth-order valence-electron chi connectivity index (χ4n) is 2.03. The summed E-state index contributed by atoms with van der Waals surface area (Å²) >= 11 is 0. The van der Waals surface area contributed by atoms with Crippen molar-refractivity contribution in [2.24, 2.45) is 11.3 Å². The molecule has 1 heteroatoms. The Morgan fingerprint density at radius 1 is 1.60 bits per heavy atom. The number of carbonyl (C=O) groups excluding carboxylic acids is 1. The van der Waals surface area contributed by atoms with Crippen molar-refractivity contribution in [3.63, 3.8) is 0 Å². The summed E-state index contributed by atoms with van der Waals surface area (Å²) in [5.74, 6) is 0.591. The second-order valence-electron chi connectivity index (χ2n) is 4.88. The Morgan fingerprint density at radius 3 is 2.73 bits per heavy atom. The molecule has 0 saturated heterocycles. The molecular weight excluding hydrogens is 184 g/mol. The van der Waals surface area contributed by atoms with Crippen molar-refractivity contribution in [1.29, 1.82) is 0 Å². The standard InChI is InChI=1S/C14H20O/c1-6-12(15)9-13-10(2)7-8-11(3)14(13,4)5/h6-8,11H,1,9H2,2-5H3. The molecule has 0 aromatic heterocycles. The number of hydrogen-bond donors (Lipinski definition) is 0. The lowest BCUT2D eigenvalue weighted by Crippen LogP contribution is -2.27.